The minimum atomic E-state index is -0.309. The third kappa shape index (κ3) is 1.21. The number of halogens is 2. The Labute approximate surface area is 80.4 Å². The van der Waals surface area contributed by atoms with E-state index in [1.165, 1.54) is 0 Å². The fourth-order valence-corrected chi connectivity index (χ4v) is 1.36. The number of hydrogen-bond donors (Lipinski definition) is 2. The first-order valence-electron chi connectivity index (χ1n) is 3.33. The minimum absolute atomic E-state index is 0.100. The summed E-state index contributed by atoms with van der Waals surface area (Å²) in [5.41, 5.74) is 1.02. The van der Waals surface area contributed by atoms with Gasteiger partial charge in [-0.2, -0.15) is 0 Å². The standard InChI is InChI=1S/C8H8Cl2O2/c1-3-5(9)4(2)7(11)8(12)6(3)10/h11-12H,1-2H3. The Kier molecular flexibility index (Phi) is 2.40. The molecular formula is C8H8Cl2O2. The third-order valence-electron chi connectivity index (χ3n) is 1.78. The van der Waals surface area contributed by atoms with Crippen LogP contribution < -0.4 is 0 Å². The van der Waals surface area contributed by atoms with Crippen molar-refractivity contribution in [1.29, 1.82) is 0 Å². The molecule has 66 valence electrons. The second-order valence-corrected chi connectivity index (χ2v) is 3.33. The second kappa shape index (κ2) is 3.04. The van der Waals surface area contributed by atoms with Gasteiger partial charge in [-0.15, -0.1) is 0 Å². The van der Waals surface area contributed by atoms with Gasteiger partial charge in [0.15, 0.2) is 11.5 Å². The van der Waals surface area contributed by atoms with Crippen molar-refractivity contribution in [2.75, 3.05) is 0 Å². The van der Waals surface area contributed by atoms with Gasteiger partial charge in [0, 0.05) is 5.56 Å². The lowest BCUT2D eigenvalue weighted by molar-refractivity contribution is 0.401. The van der Waals surface area contributed by atoms with Gasteiger partial charge in [0.1, 0.15) is 0 Å². The Bertz CT molecular complexity index is 229. The molecule has 0 saturated carbocycles. The van der Waals surface area contributed by atoms with E-state index >= 15 is 0 Å². The molecule has 1 aromatic rings. The van der Waals surface area contributed by atoms with Crippen LogP contribution in [0.2, 0.25) is 10.0 Å². The van der Waals surface area contributed by atoms with Crippen molar-refractivity contribution in [3.05, 3.63) is 21.2 Å². The van der Waals surface area contributed by atoms with Crippen LogP contribution in [0.15, 0.2) is 0 Å². The first-order chi connectivity index (χ1) is 5.46. The Morgan fingerprint density at radius 3 is 1.83 bits per heavy atom. The van der Waals surface area contributed by atoms with Crippen molar-refractivity contribution < 1.29 is 10.2 Å². The number of phenolic OH excluding ortho intramolecular Hbond substituents is 2. The average molecular weight is 207 g/mol. The van der Waals surface area contributed by atoms with E-state index in [0.29, 0.717) is 16.1 Å². The van der Waals surface area contributed by atoms with Gasteiger partial charge >= 0.3 is 0 Å². The highest BCUT2D eigenvalue weighted by Crippen LogP contribution is 2.42. The molecule has 0 unspecified atom stereocenters. The van der Waals surface area contributed by atoms with E-state index in [9.17, 15) is 10.2 Å². The molecule has 0 bridgehead atoms. The van der Waals surface area contributed by atoms with Crippen LogP contribution in [0, 0.1) is 13.8 Å². The summed E-state index contributed by atoms with van der Waals surface area (Å²) in [4.78, 5) is 0. The Morgan fingerprint density at radius 1 is 0.833 bits per heavy atom. The van der Waals surface area contributed by atoms with Crippen LogP contribution in [0.4, 0.5) is 0 Å². The Balaban J connectivity index is 3.60. The molecule has 12 heavy (non-hydrogen) atoms. The molecule has 0 aliphatic carbocycles. The predicted molar refractivity (Wildman–Crippen MR) is 49.3 cm³/mol. The molecule has 0 saturated heterocycles. The molecule has 4 heteroatoms. The lowest BCUT2D eigenvalue weighted by atomic mass is 10.1. The van der Waals surface area contributed by atoms with Crippen molar-refractivity contribution in [3.8, 4) is 11.5 Å². The zero-order chi connectivity index (χ0) is 9.46. The van der Waals surface area contributed by atoms with Gasteiger partial charge in [-0.05, 0) is 19.4 Å². The average Bonchev–Trinajstić information content (AvgIpc) is 2.08. The molecule has 1 rings (SSSR count). The van der Waals surface area contributed by atoms with Crippen molar-refractivity contribution in [3.63, 3.8) is 0 Å². The number of rotatable bonds is 0. The fourth-order valence-electron chi connectivity index (χ4n) is 0.941. The van der Waals surface area contributed by atoms with Gasteiger partial charge in [-0.3, -0.25) is 0 Å². The van der Waals surface area contributed by atoms with Gasteiger partial charge in [0.05, 0.1) is 10.0 Å². The maximum absolute atomic E-state index is 9.27. The normalized spacial score (nSPS) is 10.3. The molecule has 0 spiro atoms. The largest absolute Gasteiger partial charge is 0.504 e. The number of phenols is 2. The monoisotopic (exact) mass is 206 g/mol. The van der Waals surface area contributed by atoms with Crippen molar-refractivity contribution >= 4 is 23.2 Å². The molecule has 1 aromatic carbocycles. The van der Waals surface area contributed by atoms with E-state index < -0.39 is 0 Å². The maximum Gasteiger partial charge on any atom is 0.177 e. The van der Waals surface area contributed by atoms with Gasteiger partial charge < -0.3 is 10.2 Å². The van der Waals surface area contributed by atoms with E-state index in [-0.39, 0.29) is 16.5 Å². The van der Waals surface area contributed by atoms with Gasteiger partial charge in [0.25, 0.3) is 0 Å². The molecule has 0 aliphatic rings. The summed E-state index contributed by atoms with van der Waals surface area (Å²) in [6, 6.07) is 0. The third-order valence-corrected chi connectivity index (χ3v) is 2.80. The van der Waals surface area contributed by atoms with Crippen LogP contribution in [-0.4, -0.2) is 10.2 Å². The molecular weight excluding hydrogens is 199 g/mol. The summed E-state index contributed by atoms with van der Waals surface area (Å²) < 4.78 is 0. The lowest BCUT2D eigenvalue weighted by Crippen LogP contribution is -1.85. The van der Waals surface area contributed by atoms with Crippen molar-refractivity contribution in [2.45, 2.75) is 13.8 Å². The number of aromatic hydroxyl groups is 2. The number of hydrogen-bond acceptors (Lipinski definition) is 2. The SMILES string of the molecule is Cc1c(O)c(O)c(Cl)c(C)c1Cl. The summed E-state index contributed by atoms with van der Waals surface area (Å²) in [5.74, 6) is -0.563. The topological polar surface area (TPSA) is 40.5 Å². The fraction of sp³-hybridized carbons (Fsp3) is 0.250. The lowest BCUT2D eigenvalue weighted by Gasteiger charge is -2.09. The van der Waals surface area contributed by atoms with Crippen molar-refractivity contribution in [2.24, 2.45) is 0 Å². The van der Waals surface area contributed by atoms with E-state index in [0.717, 1.165) is 0 Å². The zero-order valence-corrected chi connectivity index (χ0v) is 8.16. The summed E-state index contributed by atoms with van der Waals surface area (Å²) in [6.45, 7) is 3.29. The Morgan fingerprint density at radius 2 is 1.33 bits per heavy atom. The van der Waals surface area contributed by atoms with Gasteiger partial charge in [0.2, 0.25) is 0 Å². The molecule has 0 heterocycles. The van der Waals surface area contributed by atoms with Crippen LogP contribution in [0.25, 0.3) is 0 Å². The quantitative estimate of drug-likeness (QED) is 0.642. The first kappa shape index (κ1) is 9.49. The summed E-state index contributed by atoms with van der Waals surface area (Å²) in [6.07, 6.45) is 0. The highest BCUT2D eigenvalue weighted by Gasteiger charge is 2.15. The second-order valence-electron chi connectivity index (χ2n) is 2.58. The van der Waals surface area contributed by atoms with Crippen LogP contribution in [0.3, 0.4) is 0 Å². The summed E-state index contributed by atoms with van der Waals surface area (Å²) in [7, 11) is 0. The van der Waals surface area contributed by atoms with Crippen molar-refractivity contribution in [1.82, 2.24) is 0 Å². The van der Waals surface area contributed by atoms with E-state index in [2.05, 4.69) is 0 Å². The molecule has 2 N–H and O–H groups in total. The molecule has 2 nitrogen and oxygen atoms in total. The predicted octanol–water partition coefficient (Wildman–Crippen LogP) is 3.02. The molecule has 0 aromatic heterocycles. The minimum Gasteiger partial charge on any atom is -0.504 e. The molecule has 0 amide bonds. The van der Waals surface area contributed by atoms with Crippen LogP contribution in [0.1, 0.15) is 11.1 Å². The van der Waals surface area contributed by atoms with Gasteiger partial charge in [-0.1, -0.05) is 23.2 Å². The highest BCUT2D eigenvalue weighted by molar-refractivity contribution is 6.37. The maximum atomic E-state index is 9.27. The van der Waals surface area contributed by atoms with Crippen LogP contribution in [0.5, 0.6) is 11.5 Å². The van der Waals surface area contributed by atoms with E-state index in [1.807, 2.05) is 0 Å². The molecule has 0 atom stereocenters. The molecule has 0 fully saturated rings. The zero-order valence-electron chi connectivity index (χ0n) is 6.65. The Hall–Kier alpha value is -0.600. The highest BCUT2D eigenvalue weighted by atomic mass is 35.5. The van der Waals surface area contributed by atoms with E-state index in [4.69, 9.17) is 23.2 Å². The summed E-state index contributed by atoms with van der Waals surface area (Å²) >= 11 is 11.5. The molecule has 0 aliphatic heterocycles. The van der Waals surface area contributed by atoms with Gasteiger partial charge in [-0.25, -0.2) is 0 Å². The smallest absolute Gasteiger partial charge is 0.177 e. The van der Waals surface area contributed by atoms with E-state index in [1.54, 1.807) is 13.8 Å². The number of benzene rings is 1. The first-order valence-corrected chi connectivity index (χ1v) is 4.08. The van der Waals surface area contributed by atoms with Crippen LogP contribution in [-0.2, 0) is 0 Å². The van der Waals surface area contributed by atoms with Crippen LogP contribution >= 0.6 is 23.2 Å². The molecule has 0 radical (unpaired) electrons. The summed E-state index contributed by atoms with van der Waals surface area (Å²) in [5, 5.41) is 19.0.